The minimum Gasteiger partial charge on any atom is -0.480 e. The largest absolute Gasteiger partial charge is 0.480 e. The average molecular weight is 254 g/mol. The Morgan fingerprint density at radius 1 is 1.39 bits per heavy atom. The number of nitrogens with one attached hydrogen (secondary N) is 2. The highest BCUT2D eigenvalue weighted by Crippen LogP contribution is 2.60. The molecule has 2 amide bonds. The zero-order valence-corrected chi connectivity index (χ0v) is 10.9. The van der Waals surface area contributed by atoms with E-state index in [0.29, 0.717) is 18.4 Å². The molecule has 2 rings (SSSR count). The second kappa shape index (κ2) is 5.16. The van der Waals surface area contributed by atoms with Gasteiger partial charge in [-0.1, -0.05) is 13.3 Å². The molecule has 102 valence electrons. The van der Waals surface area contributed by atoms with Crippen molar-refractivity contribution in [3.05, 3.63) is 0 Å². The van der Waals surface area contributed by atoms with Crippen LogP contribution in [0.25, 0.3) is 0 Å². The second-order valence-corrected chi connectivity index (χ2v) is 5.64. The van der Waals surface area contributed by atoms with E-state index in [1.54, 1.807) is 0 Å². The third-order valence-corrected chi connectivity index (χ3v) is 4.12. The molecule has 0 heterocycles. The number of carboxylic acid groups (broad SMARTS) is 1. The van der Waals surface area contributed by atoms with Crippen molar-refractivity contribution in [2.24, 2.45) is 11.3 Å². The van der Waals surface area contributed by atoms with E-state index in [0.717, 1.165) is 12.3 Å². The van der Waals surface area contributed by atoms with Crippen LogP contribution in [-0.2, 0) is 4.79 Å². The van der Waals surface area contributed by atoms with Crippen LogP contribution in [0.1, 0.15) is 45.4 Å². The number of rotatable bonds is 7. The molecule has 0 radical (unpaired) electrons. The van der Waals surface area contributed by atoms with E-state index < -0.39 is 12.0 Å². The fraction of sp³-hybridized carbons (Fsp3) is 0.846. The van der Waals surface area contributed by atoms with Gasteiger partial charge in [0.25, 0.3) is 0 Å². The number of aliphatic carboxylic acids is 1. The number of hydrogen-bond donors (Lipinski definition) is 3. The quantitative estimate of drug-likeness (QED) is 0.647. The van der Waals surface area contributed by atoms with Crippen molar-refractivity contribution in [1.82, 2.24) is 10.6 Å². The first-order valence-corrected chi connectivity index (χ1v) is 6.84. The maximum absolute atomic E-state index is 11.7. The van der Waals surface area contributed by atoms with Crippen LogP contribution in [0.4, 0.5) is 4.79 Å². The van der Waals surface area contributed by atoms with Crippen LogP contribution in [0.15, 0.2) is 0 Å². The van der Waals surface area contributed by atoms with Crippen LogP contribution in [0.5, 0.6) is 0 Å². The summed E-state index contributed by atoms with van der Waals surface area (Å²) in [7, 11) is 0. The summed E-state index contributed by atoms with van der Waals surface area (Å²) in [5, 5.41) is 14.3. The first-order valence-electron chi connectivity index (χ1n) is 6.84. The Bertz CT molecular complexity index is 335. The minimum absolute atomic E-state index is 0.345. The highest BCUT2D eigenvalue weighted by atomic mass is 16.4. The molecule has 18 heavy (non-hydrogen) atoms. The lowest BCUT2D eigenvalue weighted by Gasteiger charge is -2.18. The molecule has 2 saturated carbocycles. The third kappa shape index (κ3) is 3.15. The first kappa shape index (κ1) is 13.2. The average Bonchev–Trinajstić information content (AvgIpc) is 3.15. The van der Waals surface area contributed by atoms with Gasteiger partial charge in [-0.2, -0.15) is 0 Å². The summed E-state index contributed by atoms with van der Waals surface area (Å²) < 4.78 is 0. The van der Waals surface area contributed by atoms with Crippen LogP contribution in [0, 0.1) is 11.3 Å². The predicted octanol–water partition coefficient (Wildman–Crippen LogP) is 1.73. The summed E-state index contributed by atoms with van der Waals surface area (Å²) in [6.45, 7) is 2.60. The highest BCUT2D eigenvalue weighted by Gasteiger charge is 2.53. The monoisotopic (exact) mass is 254 g/mol. The number of amides is 2. The van der Waals surface area contributed by atoms with Gasteiger partial charge in [0.2, 0.25) is 0 Å². The summed E-state index contributed by atoms with van der Waals surface area (Å²) >= 11 is 0. The summed E-state index contributed by atoms with van der Waals surface area (Å²) in [5.41, 5.74) is 0.348. The smallest absolute Gasteiger partial charge is 0.326 e. The lowest BCUT2D eigenvalue weighted by atomic mass is 10.0. The van der Waals surface area contributed by atoms with Gasteiger partial charge >= 0.3 is 12.0 Å². The zero-order valence-electron chi connectivity index (χ0n) is 10.9. The summed E-state index contributed by atoms with van der Waals surface area (Å²) in [6, 6.07) is -1.12. The lowest BCUT2D eigenvalue weighted by molar-refractivity contribution is -0.139. The summed E-state index contributed by atoms with van der Waals surface area (Å²) in [4.78, 5) is 22.6. The Hall–Kier alpha value is -1.26. The molecule has 2 fully saturated rings. The molecule has 0 aromatic heterocycles. The molecule has 5 heteroatoms. The fourth-order valence-corrected chi connectivity index (χ4v) is 2.60. The molecule has 3 N–H and O–H groups in total. The van der Waals surface area contributed by atoms with E-state index in [-0.39, 0.29) is 6.03 Å². The van der Waals surface area contributed by atoms with Gasteiger partial charge in [-0.05, 0) is 43.4 Å². The predicted molar refractivity (Wildman–Crippen MR) is 67.3 cm³/mol. The van der Waals surface area contributed by atoms with Gasteiger partial charge in [-0.15, -0.1) is 0 Å². The number of urea groups is 1. The van der Waals surface area contributed by atoms with Crippen LogP contribution in [0.3, 0.4) is 0 Å². The number of carboxylic acids is 1. The first-order chi connectivity index (χ1) is 8.57. The molecule has 2 aliphatic rings. The van der Waals surface area contributed by atoms with Crippen LogP contribution >= 0.6 is 0 Å². The van der Waals surface area contributed by atoms with Gasteiger partial charge in [0, 0.05) is 6.54 Å². The molecular weight excluding hydrogens is 232 g/mol. The van der Waals surface area contributed by atoms with E-state index in [9.17, 15) is 9.59 Å². The van der Waals surface area contributed by atoms with E-state index in [2.05, 4.69) is 10.6 Å². The molecule has 0 aromatic carbocycles. The van der Waals surface area contributed by atoms with E-state index >= 15 is 0 Å². The topological polar surface area (TPSA) is 78.4 Å². The normalized spacial score (nSPS) is 22.1. The zero-order chi connectivity index (χ0) is 13.2. The molecule has 1 unspecified atom stereocenters. The van der Waals surface area contributed by atoms with Crippen LogP contribution < -0.4 is 10.6 Å². The Labute approximate surface area is 107 Å². The number of hydrogen-bond acceptors (Lipinski definition) is 2. The molecule has 0 aromatic rings. The van der Waals surface area contributed by atoms with Gasteiger partial charge in [0.15, 0.2) is 0 Å². The molecule has 1 atom stereocenters. The van der Waals surface area contributed by atoms with Gasteiger partial charge in [0.05, 0.1) is 0 Å². The summed E-state index contributed by atoms with van der Waals surface area (Å²) in [6.07, 6.45) is 6.19. The molecular formula is C13H22N2O3. The maximum Gasteiger partial charge on any atom is 0.326 e. The molecule has 0 saturated heterocycles. The Kier molecular flexibility index (Phi) is 3.78. The number of carbonyl (C=O) groups is 2. The van der Waals surface area contributed by atoms with Crippen molar-refractivity contribution in [3.63, 3.8) is 0 Å². The summed E-state index contributed by atoms with van der Waals surface area (Å²) in [5.74, 6) is -0.168. The Morgan fingerprint density at radius 3 is 2.50 bits per heavy atom. The fourth-order valence-electron chi connectivity index (χ4n) is 2.60. The minimum atomic E-state index is -0.963. The van der Waals surface area contributed by atoms with Gasteiger partial charge in [-0.3, -0.25) is 0 Å². The Morgan fingerprint density at radius 2 is 2.06 bits per heavy atom. The van der Waals surface area contributed by atoms with Crippen LogP contribution in [0.2, 0.25) is 0 Å². The van der Waals surface area contributed by atoms with Crippen molar-refractivity contribution >= 4 is 12.0 Å². The van der Waals surface area contributed by atoms with Crippen molar-refractivity contribution in [3.8, 4) is 0 Å². The van der Waals surface area contributed by atoms with Gasteiger partial charge < -0.3 is 15.7 Å². The molecule has 0 aliphatic heterocycles. The highest BCUT2D eigenvalue weighted by molar-refractivity contribution is 5.82. The SMILES string of the molecule is CCCC(NC(=O)NCC1(C2CC2)CC1)C(=O)O. The second-order valence-electron chi connectivity index (χ2n) is 5.64. The van der Waals surface area contributed by atoms with Crippen molar-refractivity contribution in [2.45, 2.75) is 51.5 Å². The van der Waals surface area contributed by atoms with Crippen molar-refractivity contribution in [2.75, 3.05) is 6.54 Å². The van der Waals surface area contributed by atoms with Crippen molar-refractivity contribution < 1.29 is 14.7 Å². The van der Waals surface area contributed by atoms with E-state index in [1.807, 2.05) is 6.92 Å². The molecule has 0 bridgehead atoms. The molecule has 5 nitrogen and oxygen atoms in total. The molecule has 2 aliphatic carbocycles. The third-order valence-electron chi connectivity index (χ3n) is 4.12. The van der Waals surface area contributed by atoms with E-state index in [4.69, 9.17) is 5.11 Å². The molecule has 0 spiro atoms. The van der Waals surface area contributed by atoms with E-state index in [1.165, 1.54) is 25.7 Å². The van der Waals surface area contributed by atoms with Gasteiger partial charge in [-0.25, -0.2) is 9.59 Å². The van der Waals surface area contributed by atoms with Gasteiger partial charge in [0.1, 0.15) is 6.04 Å². The van der Waals surface area contributed by atoms with Crippen LogP contribution in [-0.4, -0.2) is 29.7 Å². The standard InChI is InChI=1S/C13H22N2O3/c1-2-3-10(11(16)17)15-12(18)14-8-13(6-7-13)9-4-5-9/h9-10H,2-8H2,1H3,(H,16,17)(H2,14,15,18). The van der Waals surface area contributed by atoms with Crippen molar-refractivity contribution in [1.29, 1.82) is 0 Å². The lowest BCUT2D eigenvalue weighted by Crippen LogP contribution is -2.47. The number of carbonyl (C=O) groups excluding carboxylic acids is 1. The maximum atomic E-state index is 11.7. The Balaban J connectivity index is 1.72.